The Labute approximate surface area is 142 Å². The van der Waals surface area contributed by atoms with Crippen molar-refractivity contribution < 1.29 is 9.59 Å². The molecule has 0 aromatic heterocycles. The van der Waals surface area contributed by atoms with Crippen LogP contribution in [0, 0.1) is 5.92 Å². The van der Waals surface area contributed by atoms with Gasteiger partial charge >= 0.3 is 0 Å². The van der Waals surface area contributed by atoms with E-state index in [0.29, 0.717) is 17.2 Å². The van der Waals surface area contributed by atoms with Crippen LogP contribution in [0.1, 0.15) is 44.0 Å². The van der Waals surface area contributed by atoms with Crippen LogP contribution in [0.5, 0.6) is 0 Å². The van der Waals surface area contributed by atoms with E-state index in [1.165, 1.54) is 6.92 Å². The zero-order chi connectivity index (χ0) is 17.7. The second-order valence-corrected chi connectivity index (χ2v) is 6.13. The van der Waals surface area contributed by atoms with Gasteiger partial charge in [0.15, 0.2) is 0 Å². The number of rotatable bonds is 4. The Morgan fingerprint density at radius 3 is 2.46 bits per heavy atom. The number of nitrogens with zero attached hydrogens (tertiary/aromatic N) is 1. The van der Waals surface area contributed by atoms with Gasteiger partial charge in [0.2, 0.25) is 5.91 Å². The lowest BCUT2D eigenvalue weighted by Gasteiger charge is -2.22. The van der Waals surface area contributed by atoms with Gasteiger partial charge in [0, 0.05) is 18.2 Å². The van der Waals surface area contributed by atoms with Crippen LogP contribution >= 0.6 is 0 Å². The molecule has 0 radical (unpaired) electrons. The zero-order valence-electron chi connectivity index (χ0n) is 14.3. The zero-order valence-corrected chi connectivity index (χ0v) is 14.3. The van der Waals surface area contributed by atoms with Crippen LogP contribution < -0.4 is 10.7 Å². The Balaban J connectivity index is 2.03. The molecular weight excluding hydrogens is 302 g/mol. The quantitative estimate of drug-likeness (QED) is 0.655. The van der Waals surface area contributed by atoms with Gasteiger partial charge in [0.1, 0.15) is 0 Å². The average molecular weight is 325 g/mol. The molecule has 1 aromatic rings. The van der Waals surface area contributed by atoms with Crippen molar-refractivity contribution in [3.63, 3.8) is 0 Å². The second-order valence-electron chi connectivity index (χ2n) is 6.13. The summed E-state index contributed by atoms with van der Waals surface area (Å²) in [7, 11) is 0. The predicted octanol–water partition coefficient (Wildman–Crippen LogP) is 3.66. The Kier molecular flexibility index (Phi) is 5.68. The lowest BCUT2D eigenvalue weighted by atomic mass is 9.85. The molecule has 5 heteroatoms. The summed E-state index contributed by atoms with van der Waals surface area (Å²) in [5, 5.41) is 6.94. The maximum Gasteiger partial charge on any atom is 0.271 e. The third kappa shape index (κ3) is 4.65. The topological polar surface area (TPSA) is 70.6 Å². The summed E-state index contributed by atoms with van der Waals surface area (Å²) in [5.41, 5.74) is 6.86. The highest BCUT2D eigenvalue weighted by Crippen LogP contribution is 2.26. The van der Waals surface area contributed by atoms with Crippen LogP contribution in [-0.2, 0) is 4.79 Å². The van der Waals surface area contributed by atoms with Crippen LogP contribution in [-0.4, -0.2) is 17.5 Å². The fraction of sp³-hybridized carbons (Fsp3) is 0.316. The average Bonchev–Trinajstić information content (AvgIpc) is 2.53. The molecule has 0 bridgehead atoms. The summed E-state index contributed by atoms with van der Waals surface area (Å²) in [6.45, 7) is 9.47. The van der Waals surface area contributed by atoms with E-state index in [2.05, 4.69) is 28.5 Å². The molecule has 1 aliphatic rings. The molecule has 0 saturated carbocycles. The van der Waals surface area contributed by atoms with E-state index >= 15 is 0 Å². The molecule has 1 aromatic carbocycles. The first-order chi connectivity index (χ1) is 11.4. The van der Waals surface area contributed by atoms with Crippen molar-refractivity contribution in [3.8, 4) is 0 Å². The first-order valence-corrected chi connectivity index (χ1v) is 7.94. The molecule has 5 nitrogen and oxygen atoms in total. The standard InChI is InChI=1S/C19H23N3O2/c1-12(2)16-6-5-13(3)18(11-16)21-22-19(24)15-7-9-17(10-8-15)20-14(4)23/h5,7-10,16H,1,6,11H2,2-4H3,(H,20,23)(H,22,24)/b21-18-/t16-/m0/s1. The molecule has 2 amide bonds. The molecule has 0 aliphatic heterocycles. The molecule has 2 N–H and O–H groups in total. The van der Waals surface area contributed by atoms with Gasteiger partial charge in [-0.3, -0.25) is 9.59 Å². The van der Waals surface area contributed by atoms with Gasteiger partial charge in [-0.25, -0.2) is 5.43 Å². The third-order valence-corrected chi connectivity index (χ3v) is 4.06. The number of carbonyl (C=O) groups excluding carboxylic acids is 2. The van der Waals surface area contributed by atoms with Crippen LogP contribution in [0.25, 0.3) is 0 Å². The summed E-state index contributed by atoms with van der Waals surface area (Å²) < 4.78 is 0. The summed E-state index contributed by atoms with van der Waals surface area (Å²) in [4.78, 5) is 23.2. The Morgan fingerprint density at radius 1 is 1.21 bits per heavy atom. The minimum atomic E-state index is -0.276. The minimum absolute atomic E-state index is 0.148. The highest BCUT2D eigenvalue weighted by molar-refractivity contribution is 6.02. The maximum absolute atomic E-state index is 12.2. The predicted molar refractivity (Wildman–Crippen MR) is 96.9 cm³/mol. The van der Waals surface area contributed by atoms with E-state index in [9.17, 15) is 9.59 Å². The van der Waals surface area contributed by atoms with Crippen molar-refractivity contribution >= 4 is 23.2 Å². The van der Waals surface area contributed by atoms with Gasteiger partial charge in [-0.05, 0) is 62.4 Å². The molecule has 0 fully saturated rings. The van der Waals surface area contributed by atoms with E-state index in [1.54, 1.807) is 24.3 Å². The highest BCUT2D eigenvalue weighted by atomic mass is 16.2. The number of carbonyl (C=O) groups is 2. The molecule has 0 saturated heterocycles. The monoisotopic (exact) mass is 325 g/mol. The number of hydrogen-bond donors (Lipinski definition) is 2. The molecule has 0 unspecified atom stereocenters. The number of benzene rings is 1. The van der Waals surface area contributed by atoms with Gasteiger partial charge in [-0.2, -0.15) is 5.10 Å². The van der Waals surface area contributed by atoms with E-state index in [4.69, 9.17) is 0 Å². The van der Waals surface area contributed by atoms with Crippen molar-refractivity contribution in [2.24, 2.45) is 11.0 Å². The fourth-order valence-electron chi connectivity index (χ4n) is 2.51. The third-order valence-electron chi connectivity index (χ3n) is 4.06. The maximum atomic E-state index is 12.2. The van der Waals surface area contributed by atoms with Gasteiger partial charge in [0.25, 0.3) is 5.91 Å². The van der Waals surface area contributed by atoms with Crippen molar-refractivity contribution in [1.29, 1.82) is 0 Å². The number of hydrazone groups is 1. The van der Waals surface area contributed by atoms with Crippen LogP contribution in [0.2, 0.25) is 0 Å². The summed E-state index contributed by atoms with van der Waals surface area (Å²) in [6, 6.07) is 6.68. The lowest BCUT2D eigenvalue weighted by molar-refractivity contribution is -0.114. The molecule has 0 heterocycles. The summed E-state index contributed by atoms with van der Waals surface area (Å²) in [6.07, 6.45) is 3.90. The number of nitrogens with one attached hydrogen (secondary N) is 2. The number of amides is 2. The number of allylic oxidation sites excluding steroid dienone is 3. The second kappa shape index (κ2) is 7.73. The van der Waals surface area contributed by atoms with Gasteiger partial charge in [-0.1, -0.05) is 18.2 Å². The SMILES string of the molecule is C=C(C)[C@H]1CC=C(C)/C(=N\NC(=O)c2ccc(NC(C)=O)cc2)C1. The summed E-state index contributed by atoms with van der Waals surface area (Å²) in [5.74, 6) is -0.0476. The largest absolute Gasteiger partial charge is 0.326 e. The van der Waals surface area contributed by atoms with Crippen molar-refractivity contribution in [3.05, 3.63) is 53.6 Å². The van der Waals surface area contributed by atoms with E-state index in [-0.39, 0.29) is 11.8 Å². The molecule has 1 atom stereocenters. The van der Waals surface area contributed by atoms with Gasteiger partial charge in [-0.15, -0.1) is 0 Å². The van der Waals surface area contributed by atoms with E-state index in [0.717, 1.165) is 29.7 Å². The Morgan fingerprint density at radius 2 is 1.88 bits per heavy atom. The summed E-state index contributed by atoms with van der Waals surface area (Å²) >= 11 is 0. The minimum Gasteiger partial charge on any atom is -0.326 e. The molecule has 126 valence electrons. The van der Waals surface area contributed by atoms with Gasteiger partial charge in [0.05, 0.1) is 5.71 Å². The Hall–Kier alpha value is -2.69. The highest BCUT2D eigenvalue weighted by Gasteiger charge is 2.18. The van der Waals surface area contributed by atoms with Gasteiger partial charge < -0.3 is 5.32 Å². The first kappa shape index (κ1) is 17.7. The Bertz CT molecular complexity index is 715. The van der Waals surface area contributed by atoms with E-state index < -0.39 is 0 Å². The molecular formula is C19H23N3O2. The van der Waals surface area contributed by atoms with Crippen LogP contribution in [0.4, 0.5) is 5.69 Å². The fourth-order valence-corrected chi connectivity index (χ4v) is 2.51. The van der Waals surface area contributed by atoms with Crippen molar-refractivity contribution in [1.82, 2.24) is 5.43 Å². The normalized spacial score (nSPS) is 18.7. The van der Waals surface area contributed by atoms with Crippen molar-refractivity contribution in [2.75, 3.05) is 5.32 Å². The smallest absolute Gasteiger partial charge is 0.271 e. The lowest BCUT2D eigenvalue weighted by Crippen LogP contribution is -2.23. The number of anilines is 1. The van der Waals surface area contributed by atoms with Crippen LogP contribution in [0.15, 0.2) is 53.2 Å². The van der Waals surface area contributed by atoms with Crippen LogP contribution in [0.3, 0.4) is 0 Å². The molecule has 24 heavy (non-hydrogen) atoms. The number of hydrogen-bond acceptors (Lipinski definition) is 3. The van der Waals surface area contributed by atoms with E-state index in [1.807, 2.05) is 13.8 Å². The van der Waals surface area contributed by atoms with Crippen molar-refractivity contribution in [2.45, 2.75) is 33.6 Å². The first-order valence-electron chi connectivity index (χ1n) is 7.94. The molecule has 1 aliphatic carbocycles. The molecule has 2 rings (SSSR count). The molecule has 0 spiro atoms.